The Hall–Kier alpha value is -1.31. The number of hydrogen-bond acceptors (Lipinski definition) is 5. The number of aromatic nitrogens is 4. The molecule has 2 aromatic heterocycles. The number of benzene rings is 1. The Kier molecular flexibility index (Phi) is 5.83. The van der Waals surface area contributed by atoms with Crippen molar-refractivity contribution in [1.82, 2.24) is 19.5 Å². The molecular weight excluding hydrogens is 482 g/mol. The molecule has 1 aromatic carbocycles. The molecule has 0 spiro atoms. The van der Waals surface area contributed by atoms with E-state index >= 15 is 0 Å². The van der Waals surface area contributed by atoms with Crippen LogP contribution in [0.5, 0.6) is 0 Å². The summed E-state index contributed by atoms with van der Waals surface area (Å²) < 4.78 is 18.2. The molecule has 1 saturated carbocycles. The molecule has 3 unspecified atom stereocenters. The molecule has 29 heavy (non-hydrogen) atoms. The molecular formula is C18H20ClN4O4PSe. The third kappa shape index (κ3) is 4.57. The monoisotopic (exact) mass is 502 g/mol. The topological polar surface area (TPSA) is 110 Å². The molecule has 0 bridgehead atoms. The molecule has 1 aliphatic rings. The van der Waals surface area contributed by atoms with Gasteiger partial charge in [0, 0.05) is 0 Å². The van der Waals surface area contributed by atoms with Gasteiger partial charge in [0.25, 0.3) is 0 Å². The van der Waals surface area contributed by atoms with Crippen molar-refractivity contribution >= 4 is 46.4 Å². The molecule has 3 atom stereocenters. The van der Waals surface area contributed by atoms with Crippen LogP contribution in [0.1, 0.15) is 30.4 Å². The van der Waals surface area contributed by atoms with Crippen molar-refractivity contribution in [1.29, 1.82) is 0 Å². The van der Waals surface area contributed by atoms with Crippen LogP contribution in [0.4, 0.5) is 0 Å². The zero-order chi connectivity index (χ0) is 20.6. The second-order valence-corrected chi connectivity index (χ2v) is 11.3. The number of imidazole rings is 1. The van der Waals surface area contributed by atoms with Gasteiger partial charge in [-0.05, 0) is 0 Å². The first kappa shape index (κ1) is 20.9. The summed E-state index contributed by atoms with van der Waals surface area (Å²) in [4.78, 5) is 31.0. The molecule has 11 heteroatoms. The van der Waals surface area contributed by atoms with Gasteiger partial charge in [-0.3, -0.25) is 0 Å². The first-order valence-corrected chi connectivity index (χ1v) is 12.1. The van der Waals surface area contributed by atoms with E-state index in [1.54, 1.807) is 6.33 Å². The number of ether oxygens (including phenoxy) is 1. The second-order valence-electron chi connectivity index (χ2n) is 7.35. The van der Waals surface area contributed by atoms with Gasteiger partial charge in [0.05, 0.1) is 0 Å². The fourth-order valence-electron chi connectivity index (χ4n) is 4.03. The van der Waals surface area contributed by atoms with Crippen LogP contribution in [0.2, 0.25) is 9.47 Å². The number of nitrogens with zero attached hydrogens (tertiary/aromatic N) is 4. The van der Waals surface area contributed by atoms with Gasteiger partial charge in [-0.2, -0.15) is 0 Å². The molecule has 1 aliphatic carbocycles. The quantitative estimate of drug-likeness (QED) is 0.304. The Bertz CT molecular complexity index is 1060. The number of hydrogen-bond donors (Lipinski definition) is 2. The van der Waals surface area contributed by atoms with E-state index in [0.717, 1.165) is 12.8 Å². The molecule has 1 fully saturated rings. The van der Waals surface area contributed by atoms with Gasteiger partial charge in [-0.15, -0.1) is 0 Å². The molecule has 3 aromatic rings. The van der Waals surface area contributed by atoms with Gasteiger partial charge in [-0.25, -0.2) is 0 Å². The van der Waals surface area contributed by atoms with E-state index in [-0.39, 0.29) is 22.9 Å². The van der Waals surface area contributed by atoms with Crippen LogP contribution in [-0.2, 0) is 9.30 Å². The Balaban J connectivity index is 1.68. The van der Waals surface area contributed by atoms with Crippen molar-refractivity contribution in [3.63, 3.8) is 0 Å². The van der Waals surface area contributed by atoms with Crippen molar-refractivity contribution in [2.45, 2.75) is 29.1 Å². The molecule has 2 N–H and O–H groups in total. The predicted molar refractivity (Wildman–Crippen MR) is 110 cm³/mol. The first-order chi connectivity index (χ1) is 13.8. The fraction of sp³-hybridized carbons (Fsp3) is 0.389. The van der Waals surface area contributed by atoms with Crippen LogP contribution in [-0.4, -0.2) is 58.3 Å². The Labute approximate surface area is 180 Å². The zero-order valence-electron chi connectivity index (χ0n) is 15.3. The van der Waals surface area contributed by atoms with Gasteiger partial charge >= 0.3 is 181 Å². The Morgan fingerprint density at radius 3 is 2.72 bits per heavy atom. The van der Waals surface area contributed by atoms with Gasteiger partial charge < -0.3 is 0 Å². The zero-order valence-corrected chi connectivity index (χ0v) is 18.8. The minimum atomic E-state index is -4.20. The summed E-state index contributed by atoms with van der Waals surface area (Å²) in [7, 11) is -4.20. The molecule has 0 saturated heterocycles. The molecule has 8 nitrogen and oxygen atoms in total. The predicted octanol–water partition coefficient (Wildman–Crippen LogP) is 2.81. The van der Waals surface area contributed by atoms with Gasteiger partial charge in [-0.1, -0.05) is 0 Å². The fourth-order valence-corrected chi connectivity index (χ4v) is 5.53. The maximum absolute atomic E-state index is 11.1. The standard InChI is InChI=1S/C18H20ClN4O4PSe/c19-16-15-17(21-9-20-16)23(10-22-15)14-7-18(29,8-27-11-28(24,25)26)6-13(14)12-4-2-1-3-5-12/h1-5,9-10,13-14,29H,6-8,11H2,(H2,24,25,26). The van der Waals surface area contributed by atoms with Crippen molar-refractivity contribution in [2.75, 3.05) is 13.0 Å². The van der Waals surface area contributed by atoms with Gasteiger partial charge in [0.2, 0.25) is 0 Å². The second kappa shape index (κ2) is 8.08. The average Bonchev–Trinajstić information content (AvgIpc) is 3.24. The Morgan fingerprint density at radius 2 is 2.00 bits per heavy atom. The summed E-state index contributed by atoms with van der Waals surface area (Å²) in [5.41, 5.74) is 2.41. The van der Waals surface area contributed by atoms with Crippen LogP contribution >= 0.6 is 19.2 Å². The molecule has 0 radical (unpaired) electrons. The van der Waals surface area contributed by atoms with Crippen molar-refractivity contribution in [3.8, 4) is 0 Å². The minimum absolute atomic E-state index is 0.0372. The third-order valence-corrected chi connectivity index (χ3v) is 7.02. The molecule has 0 amide bonds. The van der Waals surface area contributed by atoms with Crippen LogP contribution in [0.3, 0.4) is 0 Å². The van der Waals surface area contributed by atoms with Crippen LogP contribution in [0.15, 0.2) is 43.0 Å². The number of rotatable bonds is 6. The normalized spacial score (nSPS) is 25.0. The van der Waals surface area contributed by atoms with E-state index in [9.17, 15) is 4.57 Å². The van der Waals surface area contributed by atoms with Gasteiger partial charge in [0.15, 0.2) is 0 Å². The number of halogens is 1. The Morgan fingerprint density at radius 1 is 1.24 bits per heavy atom. The summed E-state index contributed by atoms with van der Waals surface area (Å²) in [5.74, 6) is 0.157. The van der Waals surface area contributed by atoms with Crippen molar-refractivity contribution in [3.05, 3.63) is 53.7 Å². The maximum atomic E-state index is 11.1. The molecule has 0 aliphatic heterocycles. The van der Waals surface area contributed by atoms with E-state index < -0.39 is 13.9 Å². The van der Waals surface area contributed by atoms with Crippen LogP contribution in [0.25, 0.3) is 11.2 Å². The van der Waals surface area contributed by atoms with Crippen molar-refractivity contribution in [2.24, 2.45) is 0 Å². The molecule has 154 valence electrons. The number of fused-ring (bicyclic) bond motifs is 1. The van der Waals surface area contributed by atoms with E-state index in [4.69, 9.17) is 26.1 Å². The summed E-state index contributed by atoms with van der Waals surface area (Å²) in [6, 6.07) is 10.2. The summed E-state index contributed by atoms with van der Waals surface area (Å²) in [6.07, 6.45) is 4.08. The van der Waals surface area contributed by atoms with Crippen molar-refractivity contribution < 1.29 is 19.1 Å². The van der Waals surface area contributed by atoms with Crippen LogP contribution in [0, 0.1) is 0 Å². The van der Waals surface area contributed by atoms with E-state index in [1.165, 1.54) is 11.9 Å². The summed E-state index contributed by atoms with van der Waals surface area (Å²) in [5, 5.41) is 0.312. The van der Waals surface area contributed by atoms with E-state index in [1.807, 2.05) is 22.8 Å². The van der Waals surface area contributed by atoms with E-state index in [0.29, 0.717) is 16.3 Å². The van der Waals surface area contributed by atoms with Crippen LogP contribution < -0.4 is 0 Å². The summed E-state index contributed by atoms with van der Waals surface area (Å²) >= 11 is 8.83. The first-order valence-electron chi connectivity index (χ1n) is 8.98. The summed E-state index contributed by atoms with van der Waals surface area (Å²) in [6.45, 7) is 0.236. The average molecular weight is 502 g/mol. The SMILES string of the molecule is O=P(O)(O)COCC1([SeH])CC(c2ccccc2)C(n2cnc3c(Cl)ncnc32)C1. The molecule has 2 heterocycles. The third-order valence-electron chi connectivity index (χ3n) is 5.18. The van der Waals surface area contributed by atoms with Gasteiger partial charge in [0.1, 0.15) is 0 Å². The molecule has 4 rings (SSSR count). The van der Waals surface area contributed by atoms with E-state index in [2.05, 4.69) is 43.1 Å².